The Labute approximate surface area is 152 Å². The number of fused-ring (bicyclic) bond motifs is 1. The van der Waals surface area contributed by atoms with Gasteiger partial charge in [0.25, 0.3) is 5.91 Å². The molecule has 1 atom stereocenters. The summed E-state index contributed by atoms with van der Waals surface area (Å²) in [4.78, 5) is 15.1. The van der Waals surface area contributed by atoms with Crippen LogP contribution in [0, 0.1) is 12.7 Å². The van der Waals surface area contributed by atoms with Gasteiger partial charge in [-0.1, -0.05) is 54.1 Å². The molecule has 0 bridgehead atoms. The van der Waals surface area contributed by atoms with E-state index in [1.54, 1.807) is 12.1 Å². The molecule has 4 rings (SSSR count). The number of aryl methyl sites for hydroxylation is 1. The van der Waals surface area contributed by atoms with Gasteiger partial charge >= 0.3 is 0 Å². The summed E-state index contributed by atoms with van der Waals surface area (Å²) in [6, 6.07) is 22.1. The molecule has 3 aromatic rings. The molecule has 3 aromatic carbocycles. The summed E-state index contributed by atoms with van der Waals surface area (Å²) in [6.07, 6.45) is 0.825. The lowest BCUT2D eigenvalue weighted by atomic mass is 9.87. The van der Waals surface area contributed by atoms with Crippen LogP contribution < -0.4 is 0 Å². The number of amides is 1. The van der Waals surface area contributed by atoms with Gasteiger partial charge in [-0.25, -0.2) is 4.39 Å². The first-order chi connectivity index (χ1) is 12.6. The molecule has 1 heterocycles. The van der Waals surface area contributed by atoms with Crippen LogP contribution in [0.15, 0.2) is 72.8 Å². The number of halogens is 1. The smallest absolute Gasteiger partial charge is 0.254 e. The van der Waals surface area contributed by atoms with Crippen molar-refractivity contribution in [3.8, 4) is 0 Å². The Morgan fingerprint density at radius 1 is 0.962 bits per heavy atom. The molecule has 3 heteroatoms. The Hall–Kier alpha value is -2.94. The minimum absolute atomic E-state index is 0.00817. The van der Waals surface area contributed by atoms with E-state index in [1.807, 2.05) is 48.2 Å². The molecule has 1 aliphatic rings. The second-order valence-corrected chi connectivity index (χ2v) is 6.77. The fourth-order valence-electron chi connectivity index (χ4n) is 3.65. The standard InChI is InChI=1S/C23H20FNO/c1-16-6-8-19(9-7-16)23(26)25-15-14-17-4-2-3-5-21(17)22(25)18-10-12-20(24)13-11-18/h2-13,22H,14-15H2,1H3. The first-order valence-electron chi connectivity index (χ1n) is 8.84. The summed E-state index contributed by atoms with van der Waals surface area (Å²) in [5, 5.41) is 0. The van der Waals surface area contributed by atoms with E-state index in [0.29, 0.717) is 12.1 Å². The van der Waals surface area contributed by atoms with Gasteiger partial charge in [-0.2, -0.15) is 0 Å². The molecule has 0 N–H and O–H groups in total. The highest BCUT2D eigenvalue weighted by Gasteiger charge is 2.32. The van der Waals surface area contributed by atoms with Crippen molar-refractivity contribution >= 4 is 5.91 Å². The molecule has 0 aromatic heterocycles. The summed E-state index contributed by atoms with van der Waals surface area (Å²) in [6.45, 7) is 2.65. The van der Waals surface area contributed by atoms with Gasteiger partial charge in [-0.15, -0.1) is 0 Å². The van der Waals surface area contributed by atoms with E-state index in [4.69, 9.17) is 0 Å². The van der Waals surface area contributed by atoms with Gasteiger partial charge in [0.1, 0.15) is 5.82 Å². The number of hydrogen-bond acceptors (Lipinski definition) is 1. The van der Waals surface area contributed by atoms with Crippen molar-refractivity contribution < 1.29 is 9.18 Å². The maximum absolute atomic E-state index is 13.4. The third-order valence-electron chi connectivity index (χ3n) is 5.03. The van der Waals surface area contributed by atoms with Crippen molar-refractivity contribution in [2.24, 2.45) is 0 Å². The van der Waals surface area contributed by atoms with Crippen molar-refractivity contribution in [1.82, 2.24) is 4.90 Å². The molecule has 0 saturated heterocycles. The molecular weight excluding hydrogens is 325 g/mol. The molecule has 26 heavy (non-hydrogen) atoms. The second-order valence-electron chi connectivity index (χ2n) is 6.77. The number of carbonyl (C=O) groups is 1. The lowest BCUT2D eigenvalue weighted by molar-refractivity contribution is 0.0694. The fourth-order valence-corrected chi connectivity index (χ4v) is 3.65. The normalized spacial score (nSPS) is 16.2. The highest BCUT2D eigenvalue weighted by molar-refractivity contribution is 5.95. The van der Waals surface area contributed by atoms with E-state index in [9.17, 15) is 9.18 Å². The molecule has 1 unspecified atom stereocenters. The minimum Gasteiger partial charge on any atom is -0.327 e. The van der Waals surface area contributed by atoms with Crippen LogP contribution in [-0.2, 0) is 6.42 Å². The molecular formula is C23H20FNO. The molecule has 0 fully saturated rings. The predicted molar refractivity (Wildman–Crippen MR) is 101 cm³/mol. The quantitative estimate of drug-likeness (QED) is 0.645. The van der Waals surface area contributed by atoms with Gasteiger partial charge in [-0.3, -0.25) is 4.79 Å². The van der Waals surface area contributed by atoms with E-state index in [2.05, 4.69) is 12.1 Å². The zero-order valence-corrected chi connectivity index (χ0v) is 14.7. The third kappa shape index (κ3) is 3.01. The molecule has 0 radical (unpaired) electrons. The second kappa shape index (κ2) is 6.75. The largest absolute Gasteiger partial charge is 0.327 e. The Morgan fingerprint density at radius 3 is 2.38 bits per heavy atom. The zero-order valence-electron chi connectivity index (χ0n) is 14.7. The summed E-state index contributed by atoms with van der Waals surface area (Å²) in [5.74, 6) is -0.261. The Kier molecular flexibility index (Phi) is 4.29. The summed E-state index contributed by atoms with van der Waals surface area (Å²) < 4.78 is 13.4. The Bertz CT molecular complexity index is 931. The average Bonchev–Trinajstić information content (AvgIpc) is 2.68. The monoisotopic (exact) mass is 345 g/mol. The topological polar surface area (TPSA) is 20.3 Å². The first kappa shape index (κ1) is 16.5. The number of nitrogens with zero attached hydrogens (tertiary/aromatic N) is 1. The zero-order chi connectivity index (χ0) is 18.1. The first-order valence-corrected chi connectivity index (χ1v) is 8.84. The maximum Gasteiger partial charge on any atom is 0.254 e. The predicted octanol–water partition coefficient (Wildman–Crippen LogP) is 4.92. The molecule has 0 spiro atoms. The maximum atomic E-state index is 13.4. The van der Waals surface area contributed by atoms with E-state index in [0.717, 1.165) is 23.1 Å². The van der Waals surface area contributed by atoms with Gasteiger partial charge in [0.2, 0.25) is 0 Å². The highest BCUT2D eigenvalue weighted by Crippen LogP contribution is 2.36. The van der Waals surface area contributed by atoms with Crippen molar-refractivity contribution in [2.45, 2.75) is 19.4 Å². The number of benzene rings is 3. The van der Waals surface area contributed by atoms with Crippen LogP contribution in [0.2, 0.25) is 0 Å². The van der Waals surface area contributed by atoms with Gasteiger partial charge in [-0.05, 0) is 54.3 Å². The van der Waals surface area contributed by atoms with Gasteiger partial charge < -0.3 is 4.90 Å². The van der Waals surface area contributed by atoms with Crippen molar-refractivity contribution in [3.63, 3.8) is 0 Å². The number of rotatable bonds is 2. The third-order valence-corrected chi connectivity index (χ3v) is 5.03. The van der Waals surface area contributed by atoms with Crippen molar-refractivity contribution in [1.29, 1.82) is 0 Å². The van der Waals surface area contributed by atoms with Gasteiger partial charge in [0.05, 0.1) is 6.04 Å². The molecule has 2 nitrogen and oxygen atoms in total. The Morgan fingerprint density at radius 2 is 1.65 bits per heavy atom. The lowest BCUT2D eigenvalue weighted by Gasteiger charge is -2.38. The Balaban J connectivity index is 1.78. The minimum atomic E-state index is -0.269. The average molecular weight is 345 g/mol. The van der Waals surface area contributed by atoms with E-state index in [-0.39, 0.29) is 17.8 Å². The SMILES string of the molecule is Cc1ccc(C(=O)N2CCc3ccccc3C2c2ccc(F)cc2)cc1. The van der Waals surface area contributed by atoms with Crippen LogP contribution in [-0.4, -0.2) is 17.4 Å². The van der Waals surface area contributed by atoms with Crippen LogP contribution in [0.1, 0.15) is 38.7 Å². The summed E-state index contributed by atoms with van der Waals surface area (Å²) in [5.41, 5.74) is 5.10. The van der Waals surface area contributed by atoms with Crippen LogP contribution >= 0.6 is 0 Å². The summed E-state index contributed by atoms with van der Waals surface area (Å²) >= 11 is 0. The van der Waals surface area contributed by atoms with Gasteiger partial charge in [0.15, 0.2) is 0 Å². The van der Waals surface area contributed by atoms with E-state index >= 15 is 0 Å². The van der Waals surface area contributed by atoms with Crippen LogP contribution in [0.25, 0.3) is 0 Å². The van der Waals surface area contributed by atoms with Crippen molar-refractivity contribution in [2.75, 3.05) is 6.54 Å². The number of carbonyl (C=O) groups excluding carboxylic acids is 1. The molecule has 1 amide bonds. The van der Waals surface area contributed by atoms with Crippen LogP contribution in [0.5, 0.6) is 0 Å². The highest BCUT2D eigenvalue weighted by atomic mass is 19.1. The summed E-state index contributed by atoms with van der Waals surface area (Å²) in [7, 11) is 0. The van der Waals surface area contributed by atoms with E-state index < -0.39 is 0 Å². The molecule has 0 saturated carbocycles. The van der Waals surface area contributed by atoms with E-state index in [1.165, 1.54) is 17.7 Å². The lowest BCUT2D eigenvalue weighted by Crippen LogP contribution is -2.40. The molecule has 130 valence electrons. The van der Waals surface area contributed by atoms with Crippen LogP contribution in [0.4, 0.5) is 4.39 Å². The van der Waals surface area contributed by atoms with Crippen molar-refractivity contribution in [3.05, 3.63) is 106 Å². The fraction of sp³-hybridized carbons (Fsp3) is 0.174. The van der Waals surface area contributed by atoms with Crippen LogP contribution in [0.3, 0.4) is 0 Å². The van der Waals surface area contributed by atoms with Gasteiger partial charge in [0, 0.05) is 12.1 Å². The molecule has 1 aliphatic heterocycles. The number of hydrogen-bond donors (Lipinski definition) is 0. The molecule has 0 aliphatic carbocycles.